The van der Waals surface area contributed by atoms with Gasteiger partial charge >= 0.3 is 0 Å². The van der Waals surface area contributed by atoms with E-state index in [0.29, 0.717) is 11.4 Å². The van der Waals surface area contributed by atoms with Gasteiger partial charge in [0.2, 0.25) is 0 Å². The van der Waals surface area contributed by atoms with Gasteiger partial charge < -0.3 is 10.1 Å². The molecule has 0 bridgehead atoms. The van der Waals surface area contributed by atoms with Crippen LogP contribution in [-0.4, -0.2) is 29.8 Å². The topological polar surface area (TPSA) is 68.3 Å². The number of rotatable bonds is 6. The number of carbonyl (C=O) groups excluding carboxylic acids is 2. The number of pyridine rings is 1. The number of nitrogens with zero attached hydrogens (tertiary/aromatic N) is 1. The van der Waals surface area contributed by atoms with Crippen LogP contribution in [0.4, 0.5) is 0 Å². The van der Waals surface area contributed by atoms with Crippen LogP contribution >= 0.6 is 0 Å². The van der Waals surface area contributed by atoms with Crippen molar-refractivity contribution in [3.63, 3.8) is 0 Å². The fraction of sp³-hybridized carbons (Fsp3) is 0.316. The third-order valence-electron chi connectivity index (χ3n) is 3.49. The Balaban J connectivity index is 1.78. The van der Waals surface area contributed by atoms with Gasteiger partial charge in [0.05, 0.1) is 6.54 Å². The largest absolute Gasteiger partial charge is 0.484 e. The average Bonchev–Trinajstić information content (AvgIpc) is 2.58. The number of aromatic nitrogens is 1. The molecule has 126 valence electrons. The Labute approximate surface area is 142 Å². The number of Topliss-reactive ketones (excluding diaryl/α,β-unsaturated/α-hetero) is 1. The van der Waals surface area contributed by atoms with E-state index in [-0.39, 0.29) is 30.3 Å². The predicted molar refractivity (Wildman–Crippen MR) is 92.2 cm³/mol. The van der Waals surface area contributed by atoms with Gasteiger partial charge in [0, 0.05) is 6.20 Å². The van der Waals surface area contributed by atoms with Gasteiger partial charge in [-0.3, -0.25) is 14.6 Å². The number of nitrogens with one attached hydrogen (secondary N) is 1. The minimum Gasteiger partial charge on any atom is -0.484 e. The van der Waals surface area contributed by atoms with Crippen LogP contribution < -0.4 is 10.1 Å². The van der Waals surface area contributed by atoms with Crippen molar-refractivity contribution in [1.29, 1.82) is 0 Å². The summed E-state index contributed by atoms with van der Waals surface area (Å²) in [5.41, 5.74) is 1.60. The second-order valence-corrected chi connectivity index (χ2v) is 6.48. The lowest BCUT2D eigenvalue weighted by Gasteiger charge is -2.19. The quantitative estimate of drug-likeness (QED) is 0.829. The Morgan fingerprint density at radius 1 is 1.08 bits per heavy atom. The zero-order chi connectivity index (χ0) is 17.6. The summed E-state index contributed by atoms with van der Waals surface area (Å²) in [5, 5.41) is 2.53. The molecule has 0 radical (unpaired) electrons. The summed E-state index contributed by atoms with van der Waals surface area (Å²) in [6.45, 7) is 6.17. The summed E-state index contributed by atoms with van der Waals surface area (Å²) >= 11 is 0. The van der Waals surface area contributed by atoms with Crippen LogP contribution in [0.15, 0.2) is 48.7 Å². The highest BCUT2D eigenvalue weighted by Gasteiger charge is 2.13. The van der Waals surface area contributed by atoms with E-state index >= 15 is 0 Å². The number of hydrogen-bond acceptors (Lipinski definition) is 4. The molecule has 0 aliphatic carbocycles. The molecular formula is C19H22N2O3. The standard InChI is InChI=1S/C19H22N2O3/c1-19(2,3)14-7-9-15(10-8-14)24-13-18(23)21-12-17(22)16-6-4-5-11-20-16/h4-11H,12-13H2,1-3H3,(H,21,23). The molecule has 1 aromatic carbocycles. The summed E-state index contributed by atoms with van der Waals surface area (Å²) in [5.74, 6) is 0.0341. The monoisotopic (exact) mass is 326 g/mol. The van der Waals surface area contributed by atoms with Crippen molar-refractivity contribution < 1.29 is 14.3 Å². The molecule has 0 unspecified atom stereocenters. The molecule has 5 heteroatoms. The van der Waals surface area contributed by atoms with Crippen molar-refractivity contribution in [3.8, 4) is 5.75 Å². The first-order valence-electron chi connectivity index (χ1n) is 7.80. The minimum atomic E-state index is -0.348. The Bertz CT molecular complexity index is 689. The number of hydrogen-bond donors (Lipinski definition) is 1. The molecule has 1 amide bonds. The van der Waals surface area contributed by atoms with Gasteiger partial charge in [-0.25, -0.2) is 0 Å². The van der Waals surface area contributed by atoms with Gasteiger partial charge in [0.25, 0.3) is 5.91 Å². The highest BCUT2D eigenvalue weighted by molar-refractivity contribution is 5.97. The van der Waals surface area contributed by atoms with Crippen LogP contribution in [0.25, 0.3) is 0 Å². The smallest absolute Gasteiger partial charge is 0.258 e. The van der Waals surface area contributed by atoms with Crippen molar-refractivity contribution >= 4 is 11.7 Å². The number of carbonyl (C=O) groups is 2. The summed E-state index contributed by atoms with van der Waals surface area (Å²) in [6.07, 6.45) is 1.54. The summed E-state index contributed by atoms with van der Waals surface area (Å²) in [6, 6.07) is 12.7. The molecule has 1 N–H and O–H groups in total. The molecule has 2 aromatic rings. The Kier molecular flexibility index (Phi) is 5.68. The molecule has 1 aromatic heterocycles. The SMILES string of the molecule is CC(C)(C)c1ccc(OCC(=O)NCC(=O)c2ccccn2)cc1. The van der Waals surface area contributed by atoms with Crippen LogP contribution in [-0.2, 0) is 10.2 Å². The lowest BCUT2D eigenvalue weighted by molar-refractivity contribution is -0.122. The van der Waals surface area contributed by atoms with E-state index in [1.165, 1.54) is 5.56 Å². The van der Waals surface area contributed by atoms with Crippen molar-refractivity contribution in [2.45, 2.75) is 26.2 Å². The van der Waals surface area contributed by atoms with Gasteiger partial charge in [0.15, 0.2) is 12.4 Å². The maximum atomic E-state index is 11.8. The van der Waals surface area contributed by atoms with E-state index in [0.717, 1.165) is 0 Å². The first kappa shape index (κ1) is 17.7. The molecule has 0 aliphatic heterocycles. The second-order valence-electron chi connectivity index (χ2n) is 6.48. The van der Waals surface area contributed by atoms with Crippen molar-refractivity contribution in [1.82, 2.24) is 10.3 Å². The van der Waals surface area contributed by atoms with Gasteiger partial charge in [0.1, 0.15) is 11.4 Å². The number of ether oxygens (including phenoxy) is 1. The Morgan fingerprint density at radius 2 is 1.79 bits per heavy atom. The van der Waals surface area contributed by atoms with Gasteiger partial charge in [-0.2, -0.15) is 0 Å². The molecule has 0 saturated heterocycles. The first-order valence-corrected chi connectivity index (χ1v) is 7.80. The van der Waals surface area contributed by atoms with E-state index in [9.17, 15) is 9.59 Å². The first-order chi connectivity index (χ1) is 11.4. The maximum absolute atomic E-state index is 11.8. The van der Waals surface area contributed by atoms with E-state index in [1.807, 2.05) is 24.3 Å². The van der Waals surface area contributed by atoms with Crippen molar-refractivity contribution in [2.75, 3.05) is 13.2 Å². The van der Waals surface area contributed by atoms with Crippen molar-refractivity contribution in [3.05, 3.63) is 59.9 Å². The zero-order valence-electron chi connectivity index (χ0n) is 14.2. The molecule has 0 atom stereocenters. The molecule has 2 rings (SSSR count). The van der Waals surface area contributed by atoms with E-state index in [1.54, 1.807) is 24.4 Å². The fourth-order valence-electron chi connectivity index (χ4n) is 2.05. The molecule has 0 fully saturated rings. The molecule has 24 heavy (non-hydrogen) atoms. The summed E-state index contributed by atoms with van der Waals surface area (Å²) in [7, 11) is 0. The second kappa shape index (κ2) is 7.73. The number of benzene rings is 1. The normalized spacial score (nSPS) is 11.0. The maximum Gasteiger partial charge on any atom is 0.258 e. The molecular weight excluding hydrogens is 304 g/mol. The summed E-state index contributed by atoms with van der Waals surface area (Å²) < 4.78 is 5.43. The fourth-order valence-corrected chi connectivity index (χ4v) is 2.05. The highest BCUT2D eigenvalue weighted by Crippen LogP contribution is 2.24. The predicted octanol–water partition coefficient (Wildman–Crippen LogP) is 2.76. The Morgan fingerprint density at radius 3 is 2.38 bits per heavy atom. The minimum absolute atomic E-state index is 0.0712. The summed E-state index contributed by atoms with van der Waals surface area (Å²) in [4.78, 5) is 27.6. The average molecular weight is 326 g/mol. The van der Waals surface area contributed by atoms with Gasteiger partial charge in [-0.1, -0.05) is 39.0 Å². The third kappa shape index (κ3) is 5.19. The molecule has 0 spiro atoms. The van der Waals surface area contributed by atoms with E-state index in [4.69, 9.17) is 4.74 Å². The van der Waals surface area contributed by atoms with Crippen LogP contribution in [0.2, 0.25) is 0 Å². The zero-order valence-corrected chi connectivity index (χ0v) is 14.2. The van der Waals surface area contributed by atoms with Crippen molar-refractivity contribution in [2.24, 2.45) is 0 Å². The third-order valence-corrected chi connectivity index (χ3v) is 3.49. The van der Waals surface area contributed by atoms with Gasteiger partial charge in [-0.05, 0) is 35.2 Å². The molecule has 0 saturated carbocycles. The lowest BCUT2D eigenvalue weighted by Crippen LogP contribution is -2.33. The van der Waals surface area contributed by atoms with Crippen LogP contribution in [0, 0.1) is 0 Å². The van der Waals surface area contributed by atoms with E-state index < -0.39 is 0 Å². The Hall–Kier alpha value is -2.69. The van der Waals surface area contributed by atoms with Gasteiger partial charge in [-0.15, -0.1) is 0 Å². The lowest BCUT2D eigenvalue weighted by atomic mass is 9.87. The molecule has 5 nitrogen and oxygen atoms in total. The molecule has 0 aliphatic rings. The van der Waals surface area contributed by atoms with Crippen LogP contribution in [0.5, 0.6) is 5.75 Å². The molecule has 1 heterocycles. The highest BCUT2D eigenvalue weighted by atomic mass is 16.5. The number of ketones is 1. The van der Waals surface area contributed by atoms with Crippen LogP contribution in [0.1, 0.15) is 36.8 Å². The van der Waals surface area contributed by atoms with E-state index in [2.05, 4.69) is 31.1 Å². The van der Waals surface area contributed by atoms with Crippen LogP contribution in [0.3, 0.4) is 0 Å². The number of amides is 1.